The van der Waals surface area contributed by atoms with Crippen molar-refractivity contribution in [1.29, 1.82) is 0 Å². The lowest BCUT2D eigenvalue weighted by Gasteiger charge is -2.47. The van der Waals surface area contributed by atoms with Crippen LogP contribution in [0.2, 0.25) is 5.02 Å². The van der Waals surface area contributed by atoms with E-state index in [-0.39, 0.29) is 16.3 Å². The Balaban J connectivity index is 1.26. The molecule has 11 heteroatoms. The van der Waals surface area contributed by atoms with E-state index in [4.69, 9.17) is 31.0 Å². The van der Waals surface area contributed by atoms with Crippen LogP contribution in [0.5, 0.6) is 0 Å². The molecule has 0 unspecified atom stereocenters. The number of piperazine rings is 1. The molecule has 3 aromatic rings. The number of esters is 1. The largest absolute Gasteiger partial charge is 0.465 e. The molecule has 2 aromatic heterocycles. The minimum Gasteiger partial charge on any atom is -0.465 e. The highest BCUT2D eigenvalue weighted by Gasteiger charge is 2.53. The molecule has 238 valence electrons. The lowest BCUT2D eigenvalue weighted by molar-refractivity contribution is 0.0497. The van der Waals surface area contributed by atoms with Crippen LogP contribution in [0.4, 0.5) is 21.6 Å². The average molecular weight is 636 g/mol. The highest BCUT2D eigenvalue weighted by atomic mass is 35.5. The standard InChI is InChI=1S/C34H39ClFN5O4/c1-20-13-28(37-21(2)29(20)32(43)45-6)39-11-12-41(33(3,4)18-39)31(42)26-9-10-27-30(38-26)34(15-22(16-34)17-44-5)19-40(27)23-7-8-24(35)25(36)14-23/h7-10,13-14,22H,11-12,15-19H2,1-6H3. The lowest BCUT2D eigenvalue weighted by atomic mass is 9.61. The molecule has 1 spiro atoms. The second-order valence-electron chi connectivity index (χ2n) is 13.2. The van der Waals surface area contributed by atoms with Crippen LogP contribution in [-0.4, -0.2) is 79.3 Å². The van der Waals surface area contributed by atoms with Gasteiger partial charge in [-0.3, -0.25) is 4.79 Å². The normalized spacial score (nSPS) is 22.0. The van der Waals surface area contributed by atoms with Crippen LogP contribution in [0.25, 0.3) is 0 Å². The van der Waals surface area contributed by atoms with E-state index >= 15 is 0 Å². The van der Waals surface area contributed by atoms with Gasteiger partial charge in [-0.25, -0.2) is 19.2 Å². The number of amides is 1. The first-order valence-electron chi connectivity index (χ1n) is 15.2. The molecule has 1 amide bonds. The zero-order valence-electron chi connectivity index (χ0n) is 26.6. The van der Waals surface area contributed by atoms with Gasteiger partial charge in [-0.15, -0.1) is 0 Å². The predicted octanol–water partition coefficient (Wildman–Crippen LogP) is 5.86. The van der Waals surface area contributed by atoms with Crippen LogP contribution in [0.15, 0.2) is 36.4 Å². The van der Waals surface area contributed by atoms with Crippen LogP contribution < -0.4 is 9.80 Å². The Kier molecular flexibility index (Phi) is 8.02. The molecular formula is C34H39ClFN5O4. The van der Waals surface area contributed by atoms with E-state index in [9.17, 15) is 14.0 Å². The van der Waals surface area contributed by atoms with E-state index in [1.807, 2.05) is 50.8 Å². The molecule has 3 aliphatic rings. The van der Waals surface area contributed by atoms with Gasteiger partial charge in [0.15, 0.2) is 0 Å². The number of halogens is 2. The number of rotatable bonds is 6. The lowest BCUT2D eigenvalue weighted by Crippen LogP contribution is -2.61. The van der Waals surface area contributed by atoms with Crippen molar-refractivity contribution in [1.82, 2.24) is 14.9 Å². The molecule has 1 aliphatic carbocycles. The van der Waals surface area contributed by atoms with Gasteiger partial charge in [0, 0.05) is 51.0 Å². The fraction of sp³-hybridized carbons (Fsp3) is 0.471. The molecule has 0 bridgehead atoms. The molecule has 1 saturated heterocycles. The maximum atomic E-state index is 14.5. The molecule has 1 aromatic carbocycles. The number of pyridine rings is 2. The number of hydrogen-bond acceptors (Lipinski definition) is 8. The van der Waals surface area contributed by atoms with E-state index < -0.39 is 17.3 Å². The van der Waals surface area contributed by atoms with Crippen LogP contribution in [0.3, 0.4) is 0 Å². The number of hydrogen-bond donors (Lipinski definition) is 0. The van der Waals surface area contributed by atoms with Gasteiger partial charge in [-0.2, -0.15) is 0 Å². The van der Waals surface area contributed by atoms with Crippen molar-refractivity contribution in [2.24, 2.45) is 5.92 Å². The predicted molar refractivity (Wildman–Crippen MR) is 171 cm³/mol. The second kappa shape index (κ2) is 11.6. The van der Waals surface area contributed by atoms with Gasteiger partial charge in [0.05, 0.1) is 40.3 Å². The van der Waals surface area contributed by atoms with E-state index in [0.717, 1.165) is 35.6 Å². The molecule has 2 fully saturated rings. The molecular weight excluding hydrogens is 597 g/mol. The Morgan fingerprint density at radius 1 is 1.04 bits per heavy atom. The van der Waals surface area contributed by atoms with E-state index in [1.165, 1.54) is 13.2 Å². The molecule has 6 rings (SSSR count). The molecule has 9 nitrogen and oxygen atoms in total. The molecule has 45 heavy (non-hydrogen) atoms. The number of carbonyl (C=O) groups is 2. The second-order valence-corrected chi connectivity index (χ2v) is 13.6. The SMILES string of the molecule is COCC1CC2(C1)CN(c1ccc(Cl)c(F)c1)c1ccc(C(=O)N3CCN(c4cc(C)c(C(=O)OC)c(C)n4)CC3(C)C)nc12. The molecule has 0 radical (unpaired) electrons. The van der Waals surface area contributed by atoms with Crippen LogP contribution >= 0.6 is 11.6 Å². The third-order valence-corrected chi connectivity index (χ3v) is 9.87. The highest BCUT2D eigenvalue weighted by Crippen LogP contribution is 2.56. The molecule has 1 saturated carbocycles. The van der Waals surface area contributed by atoms with Crippen LogP contribution in [0.1, 0.15) is 64.5 Å². The van der Waals surface area contributed by atoms with E-state index in [0.29, 0.717) is 61.3 Å². The maximum absolute atomic E-state index is 14.5. The highest BCUT2D eigenvalue weighted by molar-refractivity contribution is 6.30. The number of fused-ring (bicyclic) bond motifs is 2. The topological polar surface area (TPSA) is 88.1 Å². The van der Waals surface area contributed by atoms with Crippen LogP contribution in [0, 0.1) is 25.6 Å². The van der Waals surface area contributed by atoms with Gasteiger partial charge in [0.2, 0.25) is 0 Å². The number of carbonyl (C=O) groups excluding carboxylic acids is 2. The number of anilines is 3. The Hall–Kier alpha value is -3.76. The number of aryl methyl sites for hydroxylation is 2. The summed E-state index contributed by atoms with van der Waals surface area (Å²) in [5, 5.41) is 0.0812. The van der Waals surface area contributed by atoms with Crippen molar-refractivity contribution < 1.29 is 23.5 Å². The summed E-state index contributed by atoms with van der Waals surface area (Å²) in [5.41, 5.74) is 4.02. The molecule has 2 aliphatic heterocycles. The molecule has 0 atom stereocenters. The summed E-state index contributed by atoms with van der Waals surface area (Å²) >= 11 is 5.98. The third-order valence-electron chi connectivity index (χ3n) is 9.57. The van der Waals surface area contributed by atoms with Gasteiger partial charge in [-0.1, -0.05) is 11.6 Å². The van der Waals surface area contributed by atoms with E-state index in [2.05, 4.69) is 9.80 Å². The van der Waals surface area contributed by atoms with Gasteiger partial charge in [0.1, 0.15) is 17.3 Å². The van der Waals surface area contributed by atoms with Gasteiger partial charge in [-0.05, 0) is 88.4 Å². The summed E-state index contributed by atoms with van der Waals surface area (Å²) in [6.07, 6.45) is 1.77. The minimum absolute atomic E-state index is 0.0812. The summed E-state index contributed by atoms with van der Waals surface area (Å²) in [6.45, 7) is 10.7. The van der Waals surface area contributed by atoms with Crippen molar-refractivity contribution in [2.75, 3.05) is 56.8 Å². The molecule has 0 N–H and O–H groups in total. The summed E-state index contributed by atoms with van der Waals surface area (Å²) < 4.78 is 24.8. The first kappa shape index (κ1) is 31.2. The Morgan fingerprint density at radius 2 is 1.80 bits per heavy atom. The fourth-order valence-electron chi connectivity index (χ4n) is 7.50. The number of nitrogens with zero attached hydrogens (tertiary/aromatic N) is 5. The van der Waals surface area contributed by atoms with Gasteiger partial charge < -0.3 is 24.2 Å². The third kappa shape index (κ3) is 5.42. The minimum atomic E-state index is -0.523. The Labute approximate surface area is 268 Å². The number of benzene rings is 1. The van der Waals surface area contributed by atoms with Crippen molar-refractivity contribution in [2.45, 2.75) is 51.5 Å². The zero-order chi connectivity index (χ0) is 32.3. The number of ether oxygens (including phenoxy) is 2. The van der Waals surface area contributed by atoms with Gasteiger partial charge in [0.25, 0.3) is 5.91 Å². The van der Waals surface area contributed by atoms with Gasteiger partial charge >= 0.3 is 5.97 Å². The van der Waals surface area contributed by atoms with Crippen LogP contribution in [-0.2, 0) is 14.9 Å². The quantitative estimate of drug-likeness (QED) is 0.311. The smallest absolute Gasteiger partial charge is 0.339 e. The Bertz CT molecular complexity index is 1650. The number of aromatic nitrogens is 2. The fourth-order valence-corrected chi connectivity index (χ4v) is 7.61. The van der Waals surface area contributed by atoms with E-state index in [1.54, 1.807) is 19.2 Å². The van der Waals surface area contributed by atoms with Crippen molar-refractivity contribution >= 4 is 40.7 Å². The monoisotopic (exact) mass is 635 g/mol. The van der Waals surface area contributed by atoms with Crippen molar-refractivity contribution in [3.05, 3.63) is 75.4 Å². The first-order chi connectivity index (χ1) is 21.4. The summed E-state index contributed by atoms with van der Waals surface area (Å²) in [6, 6.07) is 10.5. The van der Waals surface area contributed by atoms with Crippen molar-refractivity contribution in [3.8, 4) is 0 Å². The molecule has 4 heterocycles. The maximum Gasteiger partial charge on any atom is 0.339 e. The summed E-state index contributed by atoms with van der Waals surface area (Å²) in [7, 11) is 3.08. The average Bonchev–Trinajstić information content (AvgIpc) is 3.32. The first-order valence-corrected chi connectivity index (χ1v) is 15.6. The zero-order valence-corrected chi connectivity index (χ0v) is 27.4. The Morgan fingerprint density at radius 3 is 2.44 bits per heavy atom. The number of methoxy groups -OCH3 is 2. The summed E-state index contributed by atoms with van der Waals surface area (Å²) in [5.74, 6) is 0.180. The van der Waals surface area contributed by atoms with Crippen molar-refractivity contribution in [3.63, 3.8) is 0 Å². The summed E-state index contributed by atoms with van der Waals surface area (Å²) in [4.78, 5) is 42.3.